The standard InChI is InChI=1S/C14H24N2O3/c1-8-7-16(4)6-5-9(8)15-12(17)10-11(13(18)19)14(10,2)3/h8-11H,5-7H2,1-4H3,(H,15,17)(H,18,19)/t8?,9?,10-,11+/m1/s1. The molecule has 0 aromatic carbocycles. The molecule has 0 aromatic rings. The van der Waals surface area contributed by atoms with Crippen LogP contribution >= 0.6 is 0 Å². The maximum Gasteiger partial charge on any atom is 0.307 e. The molecule has 1 aliphatic heterocycles. The Balaban J connectivity index is 1.94. The quantitative estimate of drug-likeness (QED) is 0.794. The van der Waals surface area contributed by atoms with Crippen LogP contribution in [0.2, 0.25) is 0 Å². The molecule has 4 atom stereocenters. The van der Waals surface area contributed by atoms with Crippen LogP contribution in [0.1, 0.15) is 27.2 Å². The summed E-state index contributed by atoms with van der Waals surface area (Å²) in [4.78, 5) is 25.6. The molecule has 1 saturated carbocycles. The van der Waals surface area contributed by atoms with Crippen molar-refractivity contribution in [2.45, 2.75) is 33.2 Å². The molecule has 2 unspecified atom stereocenters. The van der Waals surface area contributed by atoms with E-state index in [1.165, 1.54) is 0 Å². The van der Waals surface area contributed by atoms with E-state index in [-0.39, 0.29) is 17.9 Å². The van der Waals surface area contributed by atoms with Gasteiger partial charge in [-0.05, 0) is 31.3 Å². The summed E-state index contributed by atoms with van der Waals surface area (Å²) in [6, 6.07) is 0.176. The minimum absolute atomic E-state index is 0.0844. The first-order valence-electron chi connectivity index (χ1n) is 6.97. The summed E-state index contributed by atoms with van der Waals surface area (Å²) in [6.07, 6.45) is 0.939. The van der Waals surface area contributed by atoms with Crippen LogP contribution < -0.4 is 5.32 Å². The summed E-state index contributed by atoms with van der Waals surface area (Å²) in [7, 11) is 2.08. The lowest BCUT2D eigenvalue weighted by Crippen LogP contribution is -2.49. The second-order valence-electron chi connectivity index (χ2n) is 6.76. The van der Waals surface area contributed by atoms with Gasteiger partial charge in [0.15, 0.2) is 0 Å². The van der Waals surface area contributed by atoms with Gasteiger partial charge in [-0.25, -0.2) is 0 Å². The Bertz CT molecular complexity index is 394. The van der Waals surface area contributed by atoms with Crippen molar-refractivity contribution in [2.75, 3.05) is 20.1 Å². The Kier molecular flexibility index (Phi) is 3.60. The number of rotatable bonds is 3. The van der Waals surface area contributed by atoms with Crippen molar-refractivity contribution in [2.24, 2.45) is 23.2 Å². The van der Waals surface area contributed by atoms with Crippen molar-refractivity contribution in [3.8, 4) is 0 Å². The predicted molar refractivity (Wildman–Crippen MR) is 71.6 cm³/mol. The number of carbonyl (C=O) groups excluding carboxylic acids is 1. The number of nitrogens with zero attached hydrogens (tertiary/aromatic N) is 1. The zero-order chi connectivity index (χ0) is 14.4. The second kappa shape index (κ2) is 4.78. The number of nitrogens with one attached hydrogen (secondary N) is 1. The van der Waals surface area contributed by atoms with Gasteiger partial charge in [-0.15, -0.1) is 0 Å². The second-order valence-corrected chi connectivity index (χ2v) is 6.76. The van der Waals surface area contributed by atoms with Crippen LogP contribution in [-0.2, 0) is 9.59 Å². The van der Waals surface area contributed by atoms with Crippen LogP contribution in [0.25, 0.3) is 0 Å². The molecule has 2 N–H and O–H groups in total. The van der Waals surface area contributed by atoms with Crippen molar-refractivity contribution in [1.82, 2.24) is 10.2 Å². The van der Waals surface area contributed by atoms with E-state index in [0.717, 1.165) is 19.5 Å². The van der Waals surface area contributed by atoms with E-state index >= 15 is 0 Å². The van der Waals surface area contributed by atoms with Crippen LogP contribution in [0.5, 0.6) is 0 Å². The van der Waals surface area contributed by atoms with Crippen molar-refractivity contribution >= 4 is 11.9 Å². The van der Waals surface area contributed by atoms with E-state index in [9.17, 15) is 9.59 Å². The number of amides is 1. The molecular formula is C14H24N2O3. The molecule has 1 saturated heterocycles. The summed E-state index contributed by atoms with van der Waals surface area (Å²) in [5.41, 5.74) is -0.412. The lowest BCUT2D eigenvalue weighted by Gasteiger charge is -2.35. The fraction of sp³-hybridized carbons (Fsp3) is 0.857. The number of aliphatic carboxylic acids is 1. The highest BCUT2D eigenvalue weighted by Crippen LogP contribution is 2.58. The highest BCUT2D eigenvalue weighted by atomic mass is 16.4. The molecule has 19 heavy (non-hydrogen) atoms. The summed E-state index contributed by atoms with van der Waals surface area (Å²) in [6.45, 7) is 7.79. The van der Waals surface area contributed by atoms with Crippen LogP contribution in [0.3, 0.4) is 0 Å². The monoisotopic (exact) mass is 268 g/mol. The van der Waals surface area contributed by atoms with Gasteiger partial charge in [0.2, 0.25) is 5.91 Å². The zero-order valence-electron chi connectivity index (χ0n) is 12.1. The van der Waals surface area contributed by atoms with Gasteiger partial charge in [0.25, 0.3) is 0 Å². The first-order valence-corrected chi connectivity index (χ1v) is 6.97. The molecule has 5 heteroatoms. The highest BCUT2D eigenvalue weighted by Gasteiger charge is 2.66. The molecule has 0 spiro atoms. The van der Waals surface area contributed by atoms with Gasteiger partial charge in [-0.1, -0.05) is 20.8 Å². The molecule has 1 amide bonds. The SMILES string of the molecule is CC1CN(C)CCC1NC(=O)[C@H]1[C@@H](C(=O)O)C1(C)C. The number of carboxylic acids is 1. The molecule has 2 aliphatic rings. The van der Waals surface area contributed by atoms with Gasteiger partial charge >= 0.3 is 5.97 Å². The molecule has 2 rings (SSSR count). The molecule has 108 valence electrons. The summed E-state index contributed by atoms with van der Waals surface area (Å²) in [5.74, 6) is -1.45. The molecule has 0 radical (unpaired) electrons. The average molecular weight is 268 g/mol. The molecule has 1 aliphatic carbocycles. The van der Waals surface area contributed by atoms with Crippen LogP contribution in [0, 0.1) is 23.2 Å². The van der Waals surface area contributed by atoms with Crippen molar-refractivity contribution in [3.63, 3.8) is 0 Å². The molecule has 5 nitrogen and oxygen atoms in total. The van der Waals surface area contributed by atoms with E-state index in [0.29, 0.717) is 5.92 Å². The summed E-state index contributed by atoms with van der Waals surface area (Å²) >= 11 is 0. The lowest BCUT2D eigenvalue weighted by atomic mass is 9.94. The fourth-order valence-electron chi connectivity index (χ4n) is 3.43. The number of hydrogen-bond donors (Lipinski definition) is 2. The fourth-order valence-corrected chi connectivity index (χ4v) is 3.43. The van der Waals surface area contributed by atoms with Gasteiger partial charge in [0.1, 0.15) is 0 Å². The Hall–Kier alpha value is -1.10. The minimum atomic E-state index is -0.860. The Labute approximate surface area is 114 Å². The average Bonchev–Trinajstić information content (AvgIpc) is 2.86. The Morgan fingerprint density at radius 2 is 1.95 bits per heavy atom. The molecule has 2 fully saturated rings. The number of likely N-dealkylation sites (tertiary alicyclic amines) is 1. The smallest absolute Gasteiger partial charge is 0.307 e. The minimum Gasteiger partial charge on any atom is -0.481 e. The van der Waals surface area contributed by atoms with E-state index < -0.39 is 17.3 Å². The topological polar surface area (TPSA) is 69.6 Å². The number of carboxylic acid groups (broad SMARTS) is 1. The third-order valence-electron chi connectivity index (χ3n) is 4.81. The molecular weight excluding hydrogens is 244 g/mol. The predicted octanol–water partition coefficient (Wildman–Crippen LogP) is 0.800. The summed E-state index contributed by atoms with van der Waals surface area (Å²) in [5, 5.41) is 12.2. The van der Waals surface area contributed by atoms with E-state index in [2.05, 4.69) is 24.2 Å². The van der Waals surface area contributed by atoms with Crippen LogP contribution in [0.4, 0.5) is 0 Å². The third-order valence-corrected chi connectivity index (χ3v) is 4.81. The van der Waals surface area contributed by atoms with Crippen molar-refractivity contribution in [3.05, 3.63) is 0 Å². The summed E-state index contributed by atoms with van der Waals surface area (Å²) < 4.78 is 0. The lowest BCUT2D eigenvalue weighted by molar-refractivity contribution is -0.140. The molecule has 0 aromatic heterocycles. The van der Waals surface area contributed by atoms with E-state index in [1.54, 1.807) is 0 Å². The first-order chi connectivity index (χ1) is 8.75. The Morgan fingerprint density at radius 3 is 2.42 bits per heavy atom. The van der Waals surface area contributed by atoms with Crippen LogP contribution in [0.15, 0.2) is 0 Å². The molecule has 1 heterocycles. The molecule has 0 bridgehead atoms. The van der Waals surface area contributed by atoms with Gasteiger partial charge in [0.05, 0.1) is 11.8 Å². The van der Waals surface area contributed by atoms with Gasteiger partial charge in [-0.2, -0.15) is 0 Å². The maximum atomic E-state index is 12.2. The highest BCUT2D eigenvalue weighted by molar-refractivity contribution is 5.91. The van der Waals surface area contributed by atoms with Gasteiger partial charge in [0, 0.05) is 12.6 Å². The largest absolute Gasteiger partial charge is 0.481 e. The zero-order valence-corrected chi connectivity index (χ0v) is 12.1. The number of carbonyl (C=O) groups is 2. The Morgan fingerprint density at radius 1 is 1.32 bits per heavy atom. The number of piperidine rings is 1. The van der Waals surface area contributed by atoms with Crippen molar-refractivity contribution < 1.29 is 14.7 Å². The third kappa shape index (κ3) is 2.61. The van der Waals surface area contributed by atoms with Crippen LogP contribution in [-0.4, -0.2) is 48.1 Å². The van der Waals surface area contributed by atoms with Crippen molar-refractivity contribution in [1.29, 1.82) is 0 Å². The number of hydrogen-bond acceptors (Lipinski definition) is 3. The van der Waals surface area contributed by atoms with Gasteiger partial charge in [-0.3, -0.25) is 9.59 Å². The first kappa shape index (κ1) is 14.3. The van der Waals surface area contributed by atoms with Gasteiger partial charge < -0.3 is 15.3 Å². The normalized spacial score (nSPS) is 37.7. The maximum absolute atomic E-state index is 12.2. The van der Waals surface area contributed by atoms with E-state index in [1.807, 2.05) is 13.8 Å². The van der Waals surface area contributed by atoms with E-state index in [4.69, 9.17) is 5.11 Å².